The molecule has 1 aromatic carbocycles. The van der Waals surface area contributed by atoms with Crippen LogP contribution in [-0.2, 0) is 11.2 Å². The van der Waals surface area contributed by atoms with Crippen LogP contribution in [0.2, 0.25) is 0 Å². The second kappa shape index (κ2) is 8.18. The standard InChI is InChI=1S/C18H28N2O2/c1-13(2)12-22-16-6-4-15(5-7-16)10-18(21)20-17-11-19-9-8-14(17)3/h4-7,13-14,17,19H,8-12H2,1-3H3,(H,20,21). The first-order valence-electron chi connectivity index (χ1n) is 8.26. The molecule has 22 heavy (non-hydrogen) atoms. The van der Waals surface area contributed by atoms with Gasteiger partial charge in [-0.15, -0.1) is 0 Å². The molecule has 2 unspecified atom stereocenters. The van der Waals surface area contributed by atoms with Crippen molar-refractivity contribution in [3.63, 3.8) is 0 Å². The fourth-order valence-corrected chi connectivity index (χ4v) is 2.59. The van der Waals surface area contributed by atoms with Crippen molar-refractivity contribution >= 4 is 5.91 Å². The van der Waals surface area contributed by atoms with Gasteiger partial charge in [-0.05, 0) is 42.5 Å². The molecule has 1 amide bonds. The third-order valence-corrected chi connectivity index (χ3v) is 4.05. The van der Waals surface area contributed by atoms with Crippen LogP contribution < -0.4 is 15.4 Å². The Hall–Kier alpha value is -1.55. The highest BCUT2D eigenvalue weighted by Gasteiger charge is 2.22. The van der Waals surface area contributed by atoms with Crippen LogP contribution in [0.25, 0.3) is 0 Å². The smallest absolute Gasteiger partial charge is 0.224 e. The predicted octanol–water partition coefficient (Wildman–Crippen LogP) is 2.38. The number of hydrogen-bond acceptors (Lipinski definition) is 3. The highest BCUT2D eigenvalue weighted by molar-refractivity contribution is 5.79. The maximum Gasteiger partial charge on any atom is 0.224 e. The second-order valence-electron chi connectivity index (χ2n) is 6.67. The van der Waals surface area contributed by atoms with Gasteiger partial charge in [-0.1, -0.05) is 32.9 Å². The lowest BCUT2D eigenvalue weighted by Crippen LogP contribution is -2.50. The molecule has 1 heterocycles. The van der Waals surface area contributed by atoms with Crippen LogP contribution in [0, 0.1) is 11.8 Å². The number of hydrogen-bond donors (Lipinski definition) is 2. The molecule has 4 nitrogen and oxygen atoms in total. The minimum atomic E-state index is 0.0939. The Kier molecular flexibility index (Phi) is 6.25. The number of benzene rings is 1. The third-order valence-electron chi connectivity index (χ3n) is 4.05. The summed E-state index contributed by atoms with van der Waals surface area (Å²) in [6.45, 7) is 9.08. The zero-order chi connectivity index (χ0) is 15.9. The summed E-state index contributed by atoms with van der Waals surface area (Å²) in [5.41, 5.74) is 1.02. The molecule has 1 saturated heterocycles. The molecule has 2 rings (SSSR count). The van der Waals surface area contributed by atoms with E-state index in [2.05, 4.69) is 31.4 Å². The summed E-state index contributed by atoms with van der Waals surface area (Å²) in [6.07, 6.45) is 1.54. The maximum atomic E-state index is 12.2. The summed E-state index contributed by atoms with van der Waals surface area (Å²) < 4.78 is 5.65. The summed E-state index contributed by atoms with van der Waals surface area (Å²) in [6, 6.07) is 8.07. The SMILES string of the molecule is CC(C)COc1ccc(CC(=O)NC2CNCCC2C)cc1. The number of rotatable bonds is 6. The van der Waals surface area contributed by atoms with Crippen LogP contribution in [0.15, 0.2) is 24.3 Å². The van der Waals surface area contributed by atoms with E-state index in [0.717, 1.165) is 30.8 Å². The quantitative estimate of drug-likeness (QED) is 0.848. The van der Waals surface area contributed by atoms with Gasteiger partial charge in [0, 0.05) is 12.6 Å². The Balaban J connectivity index is 1.81. The van der Waals surface area contributed by atoms with Gasteiger partial charge in [-0.2, -0.15) is 0 Å². The Morgan fingerprint density at radius 3 is 2.73 bits per heavy atom. The lowest BCUT2D eigenvalue weighted by Gasteiger charge is -2.30. The van der Waals surface area contributed by atoms with E-state index in [9.17, 15) is 4.79 Å². The third kappa shape index (κ3) is 5.34. The highest BCUT2D eigenvalue weighted by Crippen LogP contribution is 2.15. The summed E-state index contributed by atoms with van der Waals surface area (Å²) >= 11 is 0. The van der Waals surface area contributed by atoms with Crippen LogP contribution in [-0.4, -0.2) is 31.6 Å². The monoisotopic (exact) mass is 304 g/mol. The number of carbonyl (C=O) groups excluding carboxylic acids is 1. The molecule has 0 saturated carbocycles. The lowest BCUT2D eigenvalue weighted by atomic mass is 9.94. The van der Waals surface area contributed by atoms with Crippen LogP contribution in [0.5, 0.6) is 5.75 Å². The molecule has 1 fully saturated rings. The molecule has 122 valence electrons. The van der Waals surface area contributed by atoms with Gasteiger partial charge in [-0.25, -0.2) is 0 Å². The van der Waals surface area contributed by atoms with Crippen molar-refractivity contribution in [2.24, 2.45) is 11.8 Å². The Morgan fingerprint density at radius 2 is 2.09 bits per heavy atom. The summed E-state index contributed by atoms with van der Waals surface area (Å²) in [5.74, 6) is 2.01. The van der Waals surface area contributed by atoms with Gasteiger partial charge in [0.2, 0.25) is 5.91 Å². The zero-order valence-corrected chi connectivity index (χ0v) is 13.9. The zero-order valence-electron chi connectivity index (χ0n) is 13.9. The van der Waals surface area contributed by atoms with E-state index in [-0.39, 0.29) is 11.9 Å². The van der Waals surface area contributed by atoms with E-state index < -0.39 is 0 Å². The summed E-state index contributed by atoms with van der Waals surface area (Å²) in [4.78, 5) is 12.2. The number of nitrogens with one attached hydrogen (secondary N) is 2. The molecule has 1 aromatic rings. The first-order chi connectivity index (χ1) is 10.5. The Morgan fingerprint density at radius 1 is 1.36 bits per heavy atom. The van der Waals surface area contributed by atoms with Crippen molar-refractivity contribution in [3.8, 4) is 5.75 Å². The van der Waals surface area contributed by atoms with Crippen LogP contribution in [0.3, 0.4) is 0 Å². The van der Waals surface area contributed by atoms with E-state index in [1.165, 1.54) is 0 Å². The second-order valence-corrected chi connectivity index (χ2v) is 6.67. The molecule has 0 aromatic heterocycles. The minimum Gasteiger partial charge on any atom is -0.493 e. The summed E-state index contributed by atoms with van der Waals surface area (Å²) in [5, 5.41) is 6.47. The van der Waals surface area contributed by atoms with Gasteiger partial charge in [0.05, 0.1) is 13.0 Å². The lowest BCUT2D eigenvalue weighted by molar-refractivity contribution is -0.121. The molecule has 0 aliphatic carbocycles. The predicted molar refractivity (Wildman–Crippen MR) is 89.1 cm³/mol. The molecule has 1 aliphatic heterocycles. The van der Waals surface area contributed by atoms with E-state index in [4.69, 9.17) is 4.74 Å². The van der Waals surface area contributed by atoms with Crippen LogP contribution in [0.4, 0.5) is 0 Å². The summed E-state index contributed by atoms with van der Waals surface area (Å²) in [7, 11) is 0. The Labute approximate surface area is 133 Å². The number of carbonyl (C=O) groups is 1. The van der Waals surface area contributed by atoms with Gasteiger partial charge in [-0.3, -0.25) is 4.79 Å². The molecule has 0 radical (unpaired) electrons. The molecule has 4 heteroatoms. The Bertz CT molecular complexity index is 470. The molecular formula is C18H28N2O2. The number of piperidine rings is 1. The normalized spacial score (nSPS) is 21.6. The first kappa shape index (κ1) is 16.8. The minimum absolute atomic E-state index is 0.0939. The largest absolute Gasteiger partial charge is 0.493 e. The first-order valence-corrected chi connectivity index (χ1v) is 8.26. The van der Waals surface area contributed by atoms with Gasteiger partial charge >= 0.3 is 0 Å². The fourth-order valence-electron chi connectivity index (χ4n) is 2.59. The van der Waals surface area contributed by atoms with Gasteiger partial charge in [0.25, 0.3) is 0 Å². The van der Waals surface area contributed by atoms with E-state index in [1.54, 1.807) is 0 Å². The number of amides is 1. The molecular weight excluding hydrogens is 276 g/mol. The van der Waals surface area contributed by atoms with Crippen molar-refractivity contribution in [1.82, 2.24) is 10.6 Å². The average molecular weight is 304 g/mol. The van der Waals surface area contributed by atoms with Crippen molar-refractivity contribution < 1.29 is 9.53 Å². The molecule has 2 N–H and O–H groups in total. The van der Waals surface area contributed by atoms with Gasteiger partial charge in [0.1, 0.15) is 5.75 Å². The van der Waals surface area contributed by atoms with E-state index in [0.29, 0.717) is 24.9 Å². The van der Waals surface area contributed by atoms with Gasteiger partial charge in [0.15, 0.2) is 0 Å². The number of ether oxygens (including phenoxy) is 1. The van der Waals surface area contributed by atoms with Crippen LogP contribution in [0.1, 0.15) is 32.8 Å². The van der Waals surface area contributed by atoms with Crippen LogP contribution >= 0.6 is 0 Å². The molecule has 1 aliphatic rings. The molecule has 0 spiro atoms. The highest BCUT2D eigenvalue weighted by atomic mass is 16.5. The van der Waals surface area contributed by atoms with Gasteiger partial charge < -0.3 is 15.4 Å². The van der Waals surface area contributed by atoms with E-state index in [1.807, 2.05) is 24.3 Å². The fraction of sp³-hybridized carbons (Fsp3) is 0.611. The molecule has 2 atom stereocenters. The van der Waals surface area contributed by atoms with E-state index >= 15 is 0 Å². The van der Waals surface area contributed by atoms with Crippen molar-refractivity contribution in [2.45, 2.75) is 39.7 Å². The van der Waals surface area contributed by atoms with Crippen molar-refractivity contribution in [1.29, 1.82) is 0 Å². The maximum absolute atomic E-state index is 12.2. The topological polar surface area (TPSA) is 50.4 Å². The average Bonchev–Trinajstić information content (AvgIpc) is 2.49. The van der Waals surface area contributed by atoms with Crippen molar-refractivity contribution in [3.05, 3.63) is 29.8 Å². The van der Waals surface area contributed by atoms with Crippen molar-refractivity contribution in [2.75, 3.05) is 19.7 Å². The molecule has 0 bridgehead atoms.